The lowest BCUT2D eigenvalue weighted by Gasteiger charge is -2.35. The maximum absolute atomic E-state index is 12.5. The van der Waals surface area contributed by atoms with Gasteiger partial charge in [0.1, 0.15) is 5.65 Å². The molecule has 4 rings (SSSR count). The first-order valence-corrected chi connectivity index (χ1v) is 8.73. The number of pyridine rings is 1. The van der Waals surface area contributed by atoms with E-state index in [4.69, 9.17) is 0 Å². The van der Waals surface area contributed by atoms with Crippen molar-refractivity contribution in [2.75, 3.05) is 26.2 Å². The Morgan fingerprint density at radius 1 is 1.13 bits per heavy atom. The number of fused-ring (bicyclic) bond motifs is 1. The standard InChI is InChI=1S/C18H24N4O/c23-18(15-5-1-2-6-15)21-11-9-20(10-12-21)14-16-13-19-17-7-3-4-8-22(16)17/h3-4,7-8,13,15H,1-2,5-6,9-12,14H2. The van der Waals surface area contributed by atoms with Crippen LogP contribution in [0.2, 0.25) is 0 Å². The van der Waals surface area contributed by atoms with Gasteiger partial charge in [0.25, 0.3) is 0 Å². The van der Waals surface area contributed by atoms with Gasteiger partial charge in [-0.2, -0.15) is 0 Å². The fraction of sp³-hybridized carbons (Fsp3) is 0.556. The third kappa shape index (κ3) is 2.98. The van der Waals surface area contributed by atoms with E-state index in [1.807, 2.05) is 24.4 Å². The van der Waals surface area contributed by atoms with Crippen LogP contribution in [0.1, 0.15) is 31.4 Å². The second-order valence-electron chi connectivity index (χ2n) is 6.76. The minimum atomic E-state index is 0.306. The first-order valence-electron chi connectivity index (χ1n) is 8.73. The minimum absolute atomic E-state index is 0.306. The SMILES string of the molecule is O=C(C1CCCC1)N1CCN(Cc2cnc3ccccn23)CC1. The van der Waals surface area contributed by atoms with E-state index in [2.05, 4.69) is 25.4 Å². The lowest BCUT2D eigenvalue weighted by molar-refractivity contribution is -0.137. The maximum Gasteiger partial charge on any atom is 0.225 e. The monoisotopic (exact) mass is 312 g/mol. The smallest absolute Gasteiger partial charge is 0.225 e. The van der Waals surface area contributed by atoms with Crippen LogP contribution in [0.4, 0.5) is 0 Å². The Labute approximate surface area is 136 Å². The quantitative estimate of drug-likeness (QED) is 0.872. The molecule has 122 valence electrons. The van der Waals surface area contributed by atoms with Crippen molar-refractivity contribution in [2.45, 2.75) is 32.2 Å². The summed E-state index contributed by atoms with van der Waals surface area (Å²) in [5, 5.41) is 0. The van der Waals surface area contributed by atoms with Gasteiger partial charge in [0.05, 0.1) is 11.9 Å². The van der Waals surface area contributed by atoms with Gasteiger partial charge >= 0.3 is 0 Å². The minimum Gasteiger partial charge on any atom is -0.340 e. The molecule has 1 amide bonds. The van der Waals surface area contributed by atoms with E-state index in [0.717, 1.165) is 51.2 Å². The van der Waals surface area contributed by atoms with Gasteiger partial charge in [-0.1, -0.05) is 18.9 Å². The van der Waals surface area contributed by atoms with Gasteiger partial charge in [-0.25, -0.2) is 4.98 Å². The molecule has 0 unspecified atom stereocenters. The number of amides is 1. The number of aromatic nitrogens is 2. The zero-order valence-corrected chi connectivity index (χ0v) is 13.5. The molecule has 5 nitrogen and oxygen atoms in total. The number of hydrogen-bond donors (Lipinski definition) is 0. The predicted molar refractivity (Wildman–Crippen MR) is 89.0 cm³/mol. The Morgan fingerprint density at radius 3 is 2.70 bits per heavy atom. The van der Waals surface area contributed by atoms with Crippen LogP contribution in [-0.2, 0) is 11.3 Å². The predicted octanol–water partition coefficient (Wildman–Crippen LogP) is 2.17. The van der Waals surface area contributed by atoms with Crippen LogP contribution in [-0.4, -0.2) is 51.3 Å². The highest BCUT2D eigenvalue weighted by Gasteiger charge is 2.29. The van der Waals surface area contributed by atoms with Crippen molar-refractivity contribution in [3.63, 3.8) is 0 Å². The Balaban J connectivity index is 1.35. The van der Waals surface area contributed by atoms with Crippen LogP contribution in [0, 0.1) is 5.92 Å². The molecule has 23 heavy (non-hydrogen) atoms. The second kappa shape index (κ2) is 6.32. The van der Waals surface area contributed by atoms with Crippen LogP contribution in [0.25, 0.3) is 5.65 Å². The van der Waals surface area contributed by atoms with Gasteiger partial charge in [0.15, 0.2) is 0 Å². The van der Waals surface area contributed by atoms with E-state index in [0.29, 0.717) is 11.8 Å². The molecule has 0 N–H and O–H groups in total. The molecule has 1 saturated carbocycles. The van der Waals surface area contributed by atoms with Crippen molar-refractivity contribution in [3.8, 4) is 0 Å². The van der Waals surface area contributed by atoms with Gasteiger partial charge in [0.2, 0.25) is 5.91 Å². The summed E-state index contributed by atoms with van der Waals surface area (Å²) in [4.78, 5) is 21.5. The highest BCUT2D eigenvalue weighted by Crippen LogP contribution is 2.27. The van der Waals surface area contributed by atoms with Crippen LogP contribution >= 0.6 is 0 Å². The number of carbonyl (C=O) groups is 1. The number of piperazine rings is 1. The zero-order chi connectivity index (χ0) is 15.6. The van der Waals surface area contributed by atoms with Crippen molar-refractivity contribution < 1.29 is 4.79 Å². The first kappa shape index (κ1) is 14.7. The van der Waals surface area contributed by atoms with Crippen molar-refractivity contribution in [1.29, 1.82) is 0 Å². The van der Waals surface area contributed by atoms with Gasteiger partial charge in [-0.05, 0) is 25.0 Å². The molecule has 1 aliphatic carbocycles. The molecule has 0 aromatic carbocycles. The molecule has 2 aromatic heterocycles. The molecule has 1 saturated heterocycles. The average Bonchev–Trinajstić information content (AvgIpc) is 3.25. The number of carbonyl (C=O) groups excluding carboxylic acids is 1. The van der Waals surface area contributed by atoms with Crippen molar-refractivity contribution in [3.05, 3.63) is 36.3 Å². The number of hydrogen-bond acceptors (Lipinski definition) is 3. The number of imidazole rings is 1. The van der Waals surface area contributed by atoms with E-state index < -0.39 is 0 Å². The lowest BCUT2D eigenvalue weighted by atomic mass is 10.1. The van der Waals surface area contributed by atoms with E-state index in [1.165, 1.54) is 18.5 Å². The molecule has 0 spiro atoms. The van der Waals surface area contributed by atoms with Crippen molar-refractivity contribution in [2.24, 2.45) is 5.92 Å². The molecule has 2 aromatic rings. The van der Waals surface area contributed by atoms with Gasteiger partial charge in [-0.3, -0.25) is 9.69 Å². The second-order valence-corrected chi connectivity index (χ2v) is 6.76. The molecular formula is C18H24N4O. The summed E-state index contributed by atoms with van der Waals surface area (Å²) in [5.74, 6) is 0.706. The Bertz CT molecular complexity index is 681. The summed E-state index contributed by atoms with van der Waals surface area (Å²) in [6.45, 7) is 4.55. The summed E-state index contributed by atoms with van der Waals surface area (Å²) in [6, 6.07) is 6.08. The molecule has 0 atom stereocenters. The average molecular weight is 312 g/mol. The van der Waals surface area contributed by atoms with Crippen LogP contribution in [0.5, 0.6) is 0 Å². The highest BCUT2D eigenvalue weighted by atomic mass is 16.2. The molecule has 2 fully saturated rings. The van der Waals surface area contributed by atoms with Crippen molar-refractivity contribution >= 4 is 11.6 Å². The zero-order valence-electron chi connectivity index (χ0n) is 13.5. The van der Waals surface area contributed by atoms with Crippen LogP contribution in [0.3, 0.4) is 0 Å². The molecule has 1 aliphatic heterocycles. The van der Waals surface area contributed by atoms with Gasteiger partial charge in [-0.15, -0.1) is 0 Å². The molecular weight excluding hydrogens is 288 g/mol. The summed E-state index contributed by atoms with van der Waals surface area (Å²) in [7, 11) is 0. The third-order valence-corrected chi connectivity index (χ3v) is 5.27. The normalized spacial score (nSPS) is 20.4. The molecule has 0 radical (unpaired) electrons. The molecule has 3 heterocycles. The van der Waals surface area contributed by atoms with E-state index in [9.17, 15) is 4.79 Å². The highest BCUT2D eigenvalue weighted by molar-refractivity contribution is 5.79. The summed E-state index contributed by atoms with van der Waals surface area (Å²) < 4.78 is 2.15. The topological polar surface area (TPSA) is 40.9 Å². The van der Waals surface area contributed by atoms with E-state index in [-0.39, 0.29) is 0 Å². The number of nitrogens with zero attached hydrogens (tertiary/aromatic N) is 4. The fourth-order valence-corrected chi connectivity index (χ4v) is 3.89. The lowest BCUT2D eigenvalue weighted by Crippen LogP contribution is -2.49. The van der Waals surface area contributed by atoms with Crippen LogP contribution < -0.4 is 0 Å². The van der Waals surface area contributed by atoms with Gasteiger partial charge < -0.3 is 9.30 Å². The largest absolute Gasteiger partial charge is 0.340 e. The van der Waals surface area contributed by atoms with Gasteiger partial charge in [0, 0.05) is 44.8 Å². The molecule has 5 heteroatoms. The summed E-state index contributed by atoms with van der Waals surface area (Å²) in [5.41, 5.74) is 2.22. The number of rotatable bonds is 3. The Kier molecular flexibility index (Phi) is 4.04. The summed E-state index contributed by atoms with van der Waals surface area (Å²) in [6.07, 6.45) is 8.68. The van der Waals surface area contributed by atoms with Crippen molar-refractivity contribution in [1.82, 2.24) is 19.2 Å². The van der Waals surface area contributed by atoms with E-state index >= 15 is 0 Å². The molecule has 2 aliphatic rings. The summed E-state index contributed by atoms with van der Waals surface area (Å²) >= 11 is 0. The molecule has 0 bridgehead atoms. The third-order valence-electron chi connectivity index (χ3n) is 5.27. The maximum atomic E-state index is 12.5. The van der Waals surface area contributed by atoms with Crippen LogP contribution in [0.15, 0.2) is 30.6 Å². The first-order chi connectivity index (χ1) is 11.3. The van der Waals surface area contributed by atoms with E-state index in [1.54, 1.807) is 0 Å². The Morgan fingerprint density at radius 2 is 1.91 bits per heavy atom. The fourth-order valence-electron chi connectivity index (χ4n) is 3.89. The Hall–Kier alpha value is -1.88.